The zero-order chi connectivity index (χ0) is 11.5. The maximum Gasteiger partial charge on any atom is 0.240 e. The van der Waals surface area contributed by atoms with Crippen molar-refractivity contribution in [1.82, 2.24) is 10.2 Å². The third-order valence-electron chi connectivity index (χ3n) is 4.12. The molecule has 3 heteroatoms. The van der Waals surface area contributed by atoms with Gasteiger partial charge in [-0.3, -0.25) is 4.79 Å². The molecule has 2 fully saturated rings. The summed E-state index contributed by atoms with van der Waals surface area (Å²) >= 11 is 0. The molecular weight excluding hydrogens is 200 g/mol. The highest BCUT2D eigenvalue weighted by atomic mass is 16.2. The molecule has 1 N–H and O–H groups in total. The van der Waals surface area contributed by atoms with Gasteiger partial charge in [-0.1, -0.05) is 13.8 Å². The minimum absolute atomic E-state index is 0.101. The summed E-state index contributed by atoms with van der Waals surface area (Å²) in [6.45, 7) is 6.25. The molecule has 0 radical (unpaired) electrons. The molecule has 16 heavy (non-hydrogen) atoms. The first-order valence-corrected chi connectivity index (χ1v) is 6.76. The third-order valence-corrected chi connectivity index (χ3v) is 4.12. The number of carbonyl (C=O) groups excluding carboxylic acids is 1. The summed E-state index contributed by atoms with van der Waals surface area (Å²) in [6.07, 6.45) is 6.01. The number of nitrogens with zero attached hydrogens (tertiary/aromatic N) is 1. The fraction of sp³-hybridized carbons (Fsp3) is 0.923. The van der Waals surface area contributed by atoms with Gasteiger partial charge in [0.2, 0.25) is 5.91 Å². The van der Waals surface area contributed by atoms with Crippen LogP contribution in [0.2, 0.25) is 0 Å². The van der Waals surface area contributed by atoms with Crippen molar-refractivity contribution >= 4 is 5.91 Å². The zero-order valence-corrected chi connectivity index (χ0v) is 10.5. The molecule has 0 aromatic heterocycles. The topological polar surface area (TPSA) is 32.3 Å². The van der Waals surface area contributed by atoms with E-state index in [2.05, 4.69) is 24.1 Å². The van der Waals surface area contributed by atoms with Gasteiger partial charge in [0, 0.05) is 12.6 Å². The molecule has 1 aliphatic carbocycles. The fourth-order valence-electron chi connectivity index (χ4n) is 3.05. The Kier molecular flexibility index (Phi) is 3.85. The molecule has 1 aliphatic heterocycles. The molecule has 1 atom stereocenters. The van der Waals surface area contributed by atoms with Gasteiger partial charge in [0.25, 0.3) is 0 Å². The van der Waals surface area contributed by atoms with Crippen molar-refractivity contribution in [2.45, 2.75) is 58.0 Å². The molecule has 1 saturated carbocycles. The third kappa shape index (κ3) is 2.40. The van der Waals surface area contributed by atoms with Crippen molar-refractivity contribution in [2.75, 3.05) is 13.1 Å². The molecule has 1 unspecified atom stereocenters. The highest BCUT2D eigenvalue weighted by Crippen LogP contribution is 2.29. The molecule has 0 aromatic rings. The molecule has 2 rings (SSSR count). The van der Waals surface area contributed by atoms with E-state index in [0.717, 1.165) is 25.4 Å². The summed E-state index contributed by atoms with van der Waals surface area (Å²) in [7, 11) is 0. The summed E-state index contributed by atoms with van der Waals surface area (Å²) in [6, 6.07) is 0.636. The minimum atomic E-state index is 0.101. The normalized spacial score (nSPS) is 35.8. The molecule has 92 valence electrons. The van der Waals surface area contributed by atoms with E-state index in [1.807, 2.05) is 0 Å². The van der Waals surface area contributed by atoms with Gasteiger partial charge in [-0.2, -0.15) is 0 Å². The standard InChI is InChI=1S/C13H24N2O/c1-3-14-12-8-9-15(13(12)16)11-6-4-10(2)5-7-11/h10-12,14H,3-9H2,1-2H3. The Hall–Kier alpha value is -0.570. The van der Waals surface area contributed by atoms with Gasteiger partial charge in [-0.15, -0.1) is 0 Å². The molecule has 1 heterocycles. The maximum absolute atomic E-state index is 12.1. The summed E-state index contributed by atoms with van der Waals surface area (Å²) in [5.74, 6) is 1.21. The SMILES string of the molecule is CCNC1CCN(C2CCC(C)CC2)C1=O. The lowest BCUT2D eigenvalue weighted by Crippen LogP contribution is -2.43. The van der Waals surface area contributed by atoms with E-state index in [1.54, 1.807) is 0 Å². The second-order valence-electron chi connectivity index (χ2n) is 5.34. The highest BCUT2D eigenvalue weighted by molar-refractivity contribution is 5.84. The summed E-state index contributed by atoms with van der Waals surface area (Å²) in [5, 5.41) is 3.28. The van der Waals surface area contributed by atoms with Crippen molar-refractivity contribution in [3.8, 4) is 0 Å². The average molecular weight is 224 g/mol. The largest absolute Gasteiger partial charge is 0.338 e. The van der Waals surface area contributed by atoms with E-state index in [9.17, 15) is 4.79 Å². The lowest BCUT2D eigenvalue weighted by atomic mass is 9.87. The van der Waals surface area contributed by atoms with E-state index in [1.165, 1.54) is 25.7 Å². The van der Waals surface area contributed by atoms with Gasteiger partial charge < -0.3 is 10.2 Å². The van der Waals surface area contributed by atoms with Gasteiger partial charge in [0.15, 0.2) is 0 Å². The van der Waals surface area contributed by atoms with E-state index in [4.69, 9.17) is 0 Å². The van der Waals surface area contributed by atoms with Crippen molar-refractivity contribution < 1.29 is 4.79 Å². The van der Waals surface area contributed by atoms with Crippen LogP contribution in [-0.2, 0) is 4.79 Å². The Morgan fingerprint density at radius 3 is 2.56 bits per heavy atom. The Bertz CT molecular complexity index is 246. The second-order valence-corrected chi connectivity index (χ2v) is 5.34. The first-order valence-electron chi connectivity index (χ1n) is 6.76. The number of likely N-dealkylation sites (tertiary alicyclic amines) is 1. The van der Waals surface area contributed by atoms with E-state index in [-0.39, 0.29) is 6.04 Å². The number of hydrogen-bond acceptors (Lipinski definition) is 2. The Morgan fingerprint density at radius 2 is 1.94 bits per heavy atom. The monoisotopic (exact) mass is 224 g/mol. The molecule has 1 saturated heterocycles. The van der Waals surface area contributed by atoms with E-state index >= 15 is 0 Å². The Morgan fingerprint density at radius 1 is 1.25 bits per heavy atom. The van der Waals surface area contributed by atoms with Crippen LogP contribution < -0.4 is 5.32 Å². The lowest BCUT2D eigenvalue weighted by Gasteiger charge is -2.33. The first kappa shape index (κ1) is 11.9. The van der Waals surface area contributed by atoms with Gasteiger partial charge >= 0.3 is 0 Å². The van der Waals surface area contributed by atoms with Gasteiger partial charge in [-0.25, -0.2) is 0 Å². The predicted molar refractivity (Wildman–Crippen MR) is 65.2 cm³/mol. The molecule has 1 amide bonds. The summed E-state index contributed by atoms with van der Waals surface area (Å²) in [5.41, 5.74) is 0. The molecule has 0 bridgehead atoms. The molecule has 3 nitrogen and oxygen atoms in total. The average Bonchev–Trinajstić information content (AvgIpc) is 2.63. The van der Waals surface area contributed by atoms with E-state index in [0.29, 0.717) is 11.9 Å². The Labute approximate surface area is 98.6 Å². The lowest BCUT2D eigenvalue weighted by molar-refractivity contribution is -0.132. The van der Waals surface area contributed by atoms with Crippen molar-refractivity contribution in [2.24, 2.45) is 5.92 Å². The number of rotatable bonds is 3. The molecule has 0 spiro atoms. The van der Waals surface area contributed by atoms with Crippen LogP contribution in [0, 0.1) is 5.92 Å². The van der Waals surface area contributed by atoms with Gasteiger partial charge in [-0.05, 0) is 44.6 Å². The smallest absolute Gasteiger partial charge is 0.240 e. The first-order chi connectivity index (χ1) is 7.72. The van der Waals surface area contributed by atoms with Crippen LogP contribution in [0.5, 0.6) is 0 Å². The fourth-order valence-corrected chi connectivity index (χ4v) is 3.05. The van der Waals surface area contributed by atoms with Crippen LogP contribution in [0.1, 0.15) is 46.0 Å². The quantitative estimate of drug-likeness (QED) is 0.792. The number of hydrogen-bond donors (Lipinski definition) is 1. The van der Waals surface area contributed by atoms with Crippen molar-refractivity contribution in [3.05, 3.63) is 0 Å². The second kappa shape index (κ2) is 5.17. The number of likely N-dealkylation sites (N-methyl/N-ethyl adjacent to an activating group) is 1. The predicted octanol–water partition coefficient (Wildman–Crippen LogP) is 1.78. The number of carbonyl (C=O) groups is 1. The van der Waals surface area contributed by atoms with Crippen molar-refractivity contribution in [1.29, 1.82) is 0 Å². The van der Waals surface area contributed by atoms with Crippen LogP contribution in [0.25, 0.3) is 0 Å². The van der Waals surface area contributed by atoms with Crippen LogP contribution in [0.15, 0.2) is 0 Å². The van der Waals surface area contributed by atoms with E-state index < -0.39 is 0 Å². The molecular formula is C13H24N2O. The number of amides is 1. The highest BCUT2D eigenvalue weighted by Gasteiger charge is 2.36. The number of nitrogens with one attached hydrogen (secondary N) is 1. The zero-order valence-electron chi connectivity index (χ0n) is 10.5. The van der Waals surface area contributed by atoms with Crippen LogP contribution in [0.4, 0.5) is 0 Å². The van der Waals surface area contributed by atoms with Crippen molar-refractivity contribution in [3.63, 3.8) is 0 Å². The molecule has 2 aliphatic rings. The molecule has 0 aromatic carbocycles. The van der Waals surface area contributed by atoms with Crippen LogP contribution in [0.3, 0.4) is 0 Å². The van der Waals surface area contributed by atoms with Crippen LogP contribution >= 0.6 is 0 Å². The Balaban J connectivity index is 1.89. The van der Waals surface area contributed by atoms with Crippen LogP contribution in [-0.4, -0.2) is 36.0 Å². The van der Waals surface area contributed by atoms with Gasteiger partial charge in [0.05, 0.1) is 6.04 Å². The van der Waals surface area contributed by atoms with Gasteiger partial charge in [0.1, 0.15) is 0 Å². The summed E-state index contributed by atoms with van der Waals surface area (Å²) in [4.78, 5) is 14.3. The summed E-state index contributed by atoms with van der Waals surface area (Å²) < 4.78 is 0. The maximum atomic E-state index is 12.1. The minimum Gasteiger partial charge on any atom is -0.338 e.